The standard InChI is InChI=1S/C11H14ClN5O2/c1-2-3-13-11-14-4-7(12)10(16-11)17-5-8(18)15-9(19)6-17/h4H,2-3,5-6H2,1H3,(H,13,14,16)(H,15,18,19). The Morgan fingerprint density at radius 3 is 2.74 bits per heavy atom. The van der Waals surface area contributed by atoms with E-state index in [0.29, 0.717) is 16.8 Å². The van der Waals surface area contributed by atoms with Crippen molar-refractivity contribution in [1.82, 2.24) is 15.3 Å². The first-order valence-corrected chi connectivity index (χ1v) is 6.32. The van der Waals surface area contributed by atoms with Crippen LogP contribution in [0.3, 0.4) is 0 Å². The van der Waals surface area contributed by atoms with Gasteiger partial charge in [0.1, 0.15) is 5.02 Å². The van der Waals surface area contributed by atoms with Crippen LogP contribution in [-0.2, 0) is 9.59 Å². The molecule has 102 valence electrons. The molecule has 8 heteroatoms. The van der Waals surface area contributed by atoms with E-state index in [0.717, 1.165) is 13.0 Å². The lowest BCUT2D eigenvalue weighted by Crippen LogP contribution is -2.51. The van der Waals surface area contributed by atoms with Gasteiger partial charge in [0.2, 0.25) is 17.8 Å². The van der Waals surface area contributed by atoms with Crippen molar-refractivity contribution in [3.05, 3.63) is 11.2 Å². The average Bonchev–Trinajstić information content (AvgIpc) is 2.36. The monoisotopic (exact) mass is 283 g/mol. The van der Waals surface area contributed by atoms with Gasteiger partial charge in [-0.3, -0.25) is 14.9 Å². The average molecular weight is 284 g/mol. The Hall–Kier alpha value is -1.89. The number of hydrogen-bond acceptors (Lipinski definition) is 6. The molecule has 1 aliphatic heterocycles. The van der Waals surface area contributed by atoms with Crippen molar-refractivity contribution >= 4 is 35.2 Å². The lowest BCUT2D eigenvalue weighted by Gasteiger charge is -2.27. The minimum atomic E-state index is -0.367. The number of imide groups is 1. The Labute approximate surface area is 115 Å². The van der Waals surface area contributed by atoms with Gasteiger partial charge in [-0.2, -0.15) is 4.98 Å². The molecule has 1 aromatic heterocycles. The number of rotatable bonds is 4. The number of amides is 2. The van der Waals surface area contributed by atoms with Gasteiger partial charge in [-0.05, 0) is 6.42 Å². The van der Waals surface area contributed by atoms with Crippen molar-refractivity contribution in [2.75, 3.05) is 29.9 Å². The number of hydrogen-bond donors (Lipinski definition) is 2. The van der Waals surface area contributed by atoms with Crippen LogP contribution < -0.4 is 15.5 Å². The summed E-state index contributed by atoms with van der Waals surface area (Å²) in [5.41, 5.74) is 0. The number of anilines is 2. The molecule has 0 unspecified atom stereocenters. The summed E-state index contributed by atoms with van der Waals surface area (Å²) in [6, 6.07) is 0. The van der Waals surface area contributed by atoms with Crippen molar-refractivity contribution < 1.29 is 9.59 Å². The molecule has 1 aliphatic rings. The second-order valence-corrected chi connectivity index (χ2v) is 4.53. The van der Waals surface area contributed by atoms with E-state index in [9.17, 15) is 9.59 Å². The number of carbonyl (C=O) groups excluding carboxylic acids is 2. The first kappa shape index (κ1) is 13.5. The van der Waals surface area contributed by atoms with E-state index in [-0.39, 0.29) is 24.9 Å². The van der Waals surface area contributed by atoms with E-state index >= 15 is 0 Å². The normalized spacial score (nSPS) is 15.4. The minimum Gasteiger partial charge on any atom is -0.354 e. The first-order valence-electron chi connectivity index (χ1n) is 5.94. The highest BCUT2D eigenvalue weighted by molar-refractivity contribution is 6.33. The van der Waals surface area contributed by atoms with Gasteiger partial charge in [-0.25, -0.2) is 4.98 Å². The Balaban J connectivity index is 2.22. The van der Waals surface area contributed by atoms with E-state index in [2.05, 4.69) is 20.6 Å². The summed E-state index contributed by atoms with van der Waals surface area (Å²) in [5.74, 6) is 0.0844. The molecule has 0 bridgehead atoms. The van der Waals surface area contributed by atoms with Crippen LogP contribution in [0.1, 0.15) is 13.3 Å². The quantitative estimate of drug-likeness (QED) is 0.779. The van der Waals surface area contributed by atoms with Gasteiger partial charge < -0.3 is 10.2 Å². The smallest absolute Gasteiger partial charge is 0.246 e. The molecule has 7 nitrogen and oxygen atoms in total. The molecule has 2 rings (SSSR count). The molecular weight excluding hydrogens is 270 g/mol. The maximum absolute atomic E-state index is 11.3. The highest BCUT2D eigenvalue weighted by Gasteiger charge is 2.25. The summed E-state index contributed by atoms with van der Waals surface area (Å²) in [7, 11) is 0. The van der Waals surface area contributed by atoms with Gasteiger partial charge in [0.25, 0.3) is 0 Å². The van der Waals surface area contributed by atoms with Crippen LogP contribution in [0.15, 0.2) is 6.20 Å². The number of nitrogens with one attached hydrogen (secondary N) is 2. The molecule has 0 spiro atoms. The number of piperazine rings is 1. The molecule has 1 aromatic rings. The Morgan fingerprint density at radius 1 is 1.42 bits per heavy atom. The third-order valence-corrected chi connectivity index (χ3v) is 2.77. The molecule has 0 atom stereocenters. The van der Waals surface area contributed by atoms with E-state index < -0.39 is 0 Å². The van der Waals surface area contributed by atoms with Crippen LogP contribution in [0.25, 0.3) is 0 Å². The van der Waals surface area contributed by atoms with E-state index in [4.69, 9.17) is 11.6 Å². The molecule has 2 N–H and O–H groups in total. The van der Waals surface area contributed by atoms with Crippen LogP contribution >= 0.6 is 11.6 Å². The second kappa shape index (κ2) is 5.83. The number of nitrogens with zero attached hydrogens (tertiary/aromatic N) is 3. The van der Waals surface area contributed by atoms with E-state index in [1.807, 2.05) is 6.92 Å². The Morgan fingerprint density at radius 2 is 2.11 bits per heavy atom. The van der Waals surface area contributed by atoms with Crippen molar-refractivity contribution in [1.29, 1.82) is 0 Å². The van der Waals surface area contributed by atoms with Crippen molar-refractivity contribution in [2.24, 2.45) is 0 Å². The molecule has 0 aliphatic carbocycles. The highest BCUT2D eigenvalue weighted by atomic mass is 35.5. The Bertz CT molecular complexity index is 492. The van der Waals surface area contributed by atoms with E-state index in [1.54, 1.807) is 0 Å². The van der Waals surface area contributed by atoms with Gasteiger partial charge in [0.05, 0.1) is 19.3 Å². The van der Waals surface area contributed by atoms with Gasteiger partial charge in [-0.1, -0.05) is 18.5 Å². The topological polar surface area (TPSA) is 87.2 Å². The molecule has 0 saturated carbocycles. The zero-order valence-electron chi connectivity index (χ0n) is 10.4. The zero-order chi connectivity index (χ0) is 13.8. The van der Waals surface area contributed by atoms with Crippen LogP contribution in [0.2, 0.25) is 5.02 Å². The SMILES string of the molecule is CCCNc1ncc(Cl)c(N2CC(=O)NC(=O)C2)n1. The van der Waals surface area contributed by atoms with Crippen LogP contribution in [0.5, 0.6) is 0 Å². The van der Waals surface area contributed by atoms with Crippen LogP contribution in [-0.4, -0.2) is 41.4 Å². The van der Waals surface area contributed by atoms with Gasteiger partial charge in [0.15, 0.2) is 5.82 Å². The molecular formula is C11H14ClN5O2. The van der Waals surface area contributed by atoms with Crippen LogP contribution in [0, 0.1) is 0 Å². The molecule has 1 fully saturated rings. The van der Waals surface area contributed by atoms with Gasteiger partial charge >= 0.3 is 0 Å². The third-order valence-electron chi connectivity index (χ3n) is 2.51. The lowest BCUT2D eigenvalue weighted by atomic mass is 10.3. The summed E-state index contributed by atoms with van der Waals surface area (Å²) >= 11 is 6.02. The fourth-order valence-corrected chi connectivity index (χ4v) is 1.90. The highest BCUT2D eigenvalue weighted by Crippen LogP contribution is 2.24. The lowest BCUT2D eigenvalue weighted by molar-refractivity contribution is -0.130. The summed E-state index contributed by atoms with van der Waals surface area (Å²) in [6.45, 7) is 2.86. The predicted molar refractivity (Wildman–Crippen MR) is 71.2 cm³/mol. The molecule has 2 amide bonds. The predicted octanol–water partition coefficient (Wildman–Crippen LogP) is 0.415. The van der Waals surface area contributed by atoms with E-state index in [1.165, 1.54) is 11.1 Å². The fourth-order valence-electron chi connectivity index (χ4n) is 1.69. The third kappa shape index (κ3) is 3.31. The molecule has 1 saturated heterocycles. The first-order chi connectivity index (χ1) is 9.10. The number of carbonyl (C=O) groups is 2. The molecule has 19 heavy (non-hydrogen) atoms. The minimum absolute atomic E-state index is 0.0513. The largest absolute Gasteiger partial charge is 0.354 e. The Kier molecular flexibility index (Phi) is 4.16. The van der Waals surface area contributed by atoms with Crippen molar-refractivity contribution in [2.45, 2.75) is 13.3 Å². The fraction of sp³-hybridized carbons (Fsp3) is 0.455. The summed E-state index contributed by atoms with van der Waals surface area (Å²) in [4.78, 5) is 32.5. The maximum atomic E-state index is 11.3. The summed E-state index contributed by atoms with van der Waals surface area (Å²) < 4.78 is 0. The van der Waals surface area contributed by atoms with Crippen LogP contribution in [0.4, 0.5) is 11.8 Å². The van der Waals surface area contributed by atoms with Gasteiger partial charge in [-0.15, -0.1) is 0 Å². The molecule has 2 heterocycles. The summed E-state index contributed by atoms with van der Waals surface area (Å²) in [6.07, 6.45) is 2.39. The number of halogens is 1. The molecule has 0 radical (unpaired) electrons. The molecule has 0 aromatic carbocycles. The zero-order valence-corrected chi connectivity index (χ0v) is 11.2. The summed E-state index contributed by atoms with van der Waals surface area (Å²) in [5, 5.41) is 5.57. The van der Waals surface area contributed by atoms with Crippen molar-refractivity contribution in [3.63, 3.8) is 0 Å². The van der Waals surface area contributed by atoms with Gasteiger partial charge in [0, 0.05) is 6.54 Å². The maximum Gasteiger partial charge on any atom is 0.246 e. The van der Waals surface area contributed by atoms with Crippen molar-refractivity contribution in [3.8, 4) is 0 Å². The number of aromatic nitrogens is 2. The second-order valence-electron chi connectivity index (χ2n) is 4.12.